The van der Waals surface area contributed by atoms with Crippen molar-refractivity contribution in [3.8, 4) is 0 Å². The lowest BCUT2D eigenvalue weighted by atomic mass is 10.0. The number of aromatic nitrogens is 1. The number of hydrogen-bond acceptors (Lipinski definition) is 8. The first-order valence-electron chi connectivity index (χ1n) is 13.6. The van der Waals surface area contributed by atoms with Crippen LogP contribution in [0.1, 0.15) is 56.2 Å². The first-order valence-corrected chi connectivity index (χ1v) is 15.4. The van der Waals surface area contributed by atoms with E-state index in [1.165, 1.54) is 4.90 Å². The van der Waals surface area contributed by atoms with Crippen molar-refractivity contribution in [1.29, 1.82) is 0 Å². The third kappa shape index (κ3) is 5.14. The van der Waals surface area contributed by atoms with Gasteiger partial charge in [-0.2, -0.15) is 0 Å². The molecule has 9 heteroatoms. The van der Waals surface area contributed by atoms with Gasteiger partial charge in [0.15, 0.2) is 10.6 Å². The molecule has 2 amide bonds. The lowest BCUT2D eigenvalue weighted by Crippen LogP contribution is -2.31. The number of rotatable bonds is 7. The average molecular weight is 595 g/mol. The number of ether oxygens (including phenoxy) is 2. The molecule has 2 aliphatic heterocycles. The number of anilines is 1. The van der Waals surface area contributed by atoms with Crippen molar-refractivity contribution < 1.29 is 24.2 Å². The van der Waals surface area contributed by atoms with Gasteiger partial charge in [-0.15, -0.1) is 11.3 Å². The maximum Gasteiger partial charge on any atom is 0.266 e. The van der Waals surface area contributed by atoms with Crippen LogP contribution in [0.3, 0.4) is 0 Å². The summed E-state index contributed by atoms with van der Waals surface area (Å²) in [5.74, 6) is 0.0524. The Morgan fingerprint density at radius 1 is 0.833 bits per heavy atom. The number of hydrogen-bond donors (Lipinski definition) is 1. The van der Waals surface area contributed by atoms with E-state index in [2.05, 4.69) is 6.07 Å². The lowest BCUT2D eigenvalue weighted by molar-refractivity contribution is -0.245. The molecule has 0 radical (unpaired) electrons. The van der Waals surface area contributed by atoms with Crippen molar-refractivity contribution in [2.75, 3.05) is 10.7 Å². The summed E-state index contributed by atoms with van der Waals surface area (Å²) in [6, 6.07) is 30.0. The number of carbonyl (C=O) groups excluding carboxylic acids is 2. The van der Waals surface area contributed by atoms with Gasteiger partial charge < -0.3 is 14.6 Å². The first-order chi connectivity index (χ1) is 20.6. The number of benzene rings is 4. The van der Waals surface area contributed by atoms with Crippen LogP contribution in [0.15, 0.2) is 101 Å². The van der Waals surface area contributed by atoms with E-state index in [4.69, 9.17) is 14.5 Å². The van der Waals surface area contributed by atoms with E-state index >= 15 is 0 Å². The summed E-state index contributed by atoms with van der Waals surface area (Å²) in [6.45, 7) is -0.0155. The minimum absolute atomic E-state index is 0.0155. The van der Waals surface area contributed by atoms with Gasteiger partial charge in [-0.3, -0.25) is 9.59 Å². The molecule has 210 valence electrons. The number of thiazole rings is 1. The second kappa shape index (κ2) is 11.4. The predicted octanol–water partition coefficient (Wildman–Crippen LogP) is 6.93. The van der Waals surface area contributed by atoms with Gasteiger partial charge in [0.05, 0.1) is 45.8 Å². The Kier molecular flexibility index (Phi) is 7.35. The molecule has 3 atom stereocenters. The van der Waals surface area contributed by atoms with Crippen LogP contribution in [0.5, 0.6) is 0 Å². The van der Waals surface area contributed by atoms with Crippen molar-refractivity contribution in [2.45, 2.75) is 35.9 Å². The number of fused-ring (bicyclic) bond motifs is 2. The Morgan fingerprint density at radius 3 is 2.19 bits per heavy atom. The summed E-state index contributed by atoms with van der Waals surface area (Å²) >= 11 is 3.35. The molecule has 1 fully saturated rings. The highest BCUT2D eigenvalue weighted by atomic mass is 32.2. The van der Waals surface area contributed by atoms with Gasteiger partial charge >= 0.3 is 0 Å². The van der Waals surface area contributed by atoms with Crippen molar-refractivity contribution >= 4 is 50.8 Å². The molecule has 7 nitrogen and oxygen atoms in total. The summed E-state index contributed by atoms with van der Waals surface area (Å²) in [7, 11) is 0. The molecule has 0 aliphatic carbocycles. The molecular weight excluding hydrogens is 569 g/mol. The zero-order valence-corrected chi connectivity index (χ0v) is 24.0. The number of thioether (sulfide) groups is 1. The molecule has 3 heterocycles. The topological polar surface area (TPSA) is 89.0 Å². The molecule has 42 heavy (non-hydrogen) atoms. The Hall–Kier alpha value is -3.86. The number of amides is 2. The van der Waals surface area contributed by atoms with Crippen LogP contribution in [-0.2, 0) is 16.1 Å². The van der Waals surface area contributed by atoms with Crippen LogP contribution in [0.4, 0.5) is 5.69 Å². The predicted molar refractivity (Wildman–Crippen MR) is 163 cm³/mol. The lowest BCUT2D eigenvalue weighted by Gasteiger charge is -2.36. The number of nitrogens with zero attached hydrogens (tertiary/aromatic N) is 2. The van der Waals surface area contributed by atoms with E-state index in [0.29, 0.717) is 29.0 Å². The Labute approximate surface area is 250 Å². The number of para-hydroxylation sites is 1. The molecule has 1 N–H and O–H groups in total. The van der Waals surface area contributed by atoms with Gasteiger partial charge in [-0.25, -0.2) is 9.88 Å². The number of imide groups is 1. The van der Waals surface area contributed by atoms with Gasteiger partial charge in [0.25, 0.3) is 11.8 Å². The SMILES string of the molecule is O=C1c2ccccc2C(=O)N1c1ccc([C@H]2O[C@@H](CSc3nc4ccccc4s3)C[C@@H](c3ccc(CO)cc3)O2)cc1. The monoisotopic (exact) mass is 594 g/mol. The van der Waals surface area contributed by atoms with Gasteiger partial charge in [-0.1, -0.05) is 72.4 Å². The normalized spacial score (nSPS) is 20.3. The van der Waals surface area contributed by atoms with E-state index in [1.807, 2.05) is 54.6 Å². The molecule has 0 spiro atoms. The number of aliphatic hydroxyl groups is 1. The smallest absolute Gasteiger partial charge is 0.266 e. The quantitative estimate of drug-likeness (QED) is 0.162. The second-order valence-electron chi connectivity index (χ2n) is 10.2. The van der Waals surface area contributed by atoms with Gasteiger partial charge in [0, 0.05) is 17.7 Å². The minimum Gasteiger partial charge on any atom is -0.392 e. The van der Waals surface area contributed by atoms with E-state index in [-0.39, 0.29) is 30.6 Å². The Bertz CT molecular complexity index is 1700. The average Bonchev–Trinajstić information content (AvgIpc) is 3.58. The third-order valence-corrected chi connectivity index (χ3v) is 9.81. The fraction of sp³-hybridized carbons (Fsp3) is 0.182. The van der Waals surface area contributed by atoms with Crippen LogP contribution in [0.25, 0.3) is 10.2 Å². The highest BCUT2D eigenvalue weighted by molar-refractivity contribution is 8.01. The zero-order valence-electron chi connectivity index (χ0n) is 22.4. The fourth-order valence-electron chi connectivity index (χ4n) is 5.30. The number of carbonyl (C=O) groups is 2. The highest BCUT2D eigenvalue weighted by Crippen LogP contribution is 2.41. The van der Waals surface area contributed by atoms with Gasteiger partial charge in [0.2, 0.25) is 0 Å². The highest BCUT2D eigenvalue weighted by Gasteiger charge is 2.37. The summed E-state index contributed by atoms with van der Waals surface area (Å²) in [6.07, 6.45) is -0.300. The van der Waals surface area contributed by atoms with Crippen LogP contribution in [0.2, 0.25) is 0 Å². The molecular formula is C33H26N2O5S2. The van der Waals surface area contributed by atoms with E-state index < -0.39 is 6.29 Å². The Morgan fingerprint density at radius 2 is 1.50 bits per heavy atom. The molecule has 0 bridgehead atoms. The van der Waals surface area contributed by atoms with Crippen LogP contribution >= 0.6 is 23.1 Å². The van der Waals surface area contributed by atoms with Crippen molar-refractivity contribution in [1.82, 2.24) is 4.98 Å². The molecule has 7 rings (SSSR count). The van der Waals surface area contributed by atoms with E-state index in [0.717, 1.165) is 31.2 Å². The largest absolute Gasteiger partial charge is 0.392 e. The molecule has 1 saturated heterocycles. The maximum absolute atomic E-state index is 13.0. The first kappa shape index (κ1) is 27.0. The fourth-order valence-corrected chi connectivity index (χ4v) is 7.42. The van der Waals surface area contributed by atoms with Crippen molar-refractivity contribution in [3.05, 3.63) is 125 Å². The summed E-state index contributed by atoms with van der Waals surface area (Å²) in [5, 5.41) is 9.48. The summed E-state index contributed by atoms with van der Waals surface area (Å²) in [4.78, 5) is 31.9. The molecule has 0 unspecified atom stereocenters. The van der Waals surface area contributed by atoms with Crippen LogP contribution in [0, 0.1) is 0 Å². The van der Waals surface area contributed by atoms with E-state index in [1.54, 1.807) is 59.5 Å². The standard InChI is InChI=1S/C33H26N2O5S2/c36-18-20-9-11-21(12-10-20)28-17-24(19-41-33-34-27-7-3-4-8-29(27)42-33)39-32(40-28)22-13-15-23(16-14-22)35-30(37)25-5-1-2-6-26(25)31(35)38/h1-16,24,28,32,36H,17-19H2/t24-,28+,32+/m1/s1. The van der Waals surface area contributed by atoms with Crippen LogP contribution in [-0.4, -0.2) is 33.8 Å². The minimum atomic E-state index is -0.640. The summed E-state index contributed by atoms with van der Waals surface area (Å²) < 4.78 is 15.1. The summed E-state index contributed by atoms with van der Waals surface area (Å²) in [5.41, 5.74) is 4.97. The Balaban J connectivity index is 1.12. The number of aliphatic hydroxyl groups excluding tert-OH is 1. The van der Waals surface area contributed by atoms with Crippen LogP contribution < -0.4 is 4.90 Å². The van der Waals surface area contributed by atoms with E-state index in [9.17, 15) is 14.7 Å². The third-order valence-electron chi connectivity index (χ3n) is 7.50. The van der Waals surface area contributed by atoms with Crippen molar-refractivity contribution in [2.24, 2.45) is 0 Å². The molecule has 0 saturated carbocycles. The molecule has 1 aromatic heterocycles. The van der Waals surface area contributed by atoms with Gasteiger partial charge in [-0.05, 0) is 47.5 Å². The van der Waals surface area contributed by atoms with Gasteiger partial charge in [0.1, 0.15) is 0 Å². The van der Waals surface area contributed by atoms with Crippen molar-refractivity contribution in [3.63, 3.8) is 0 Å². The maximum atomic E-state index is 13.0. The molecule has 4 aromatic carbocycles. The second-order valence-corrected chi connectivity index (χ2v) is 12.5. The molecule has 2 aliphatic rings. The zero-order chi connectivity index (χ0) is 28.6. The molecule has 5 aromatic rings.